The first-order valence-electron chi connectivity index (χ1n) is 5.96. The van der Waals surface area contributed by atoms with E-state index in [0.717, 1.165) is 17.9 Å². The summed E-state index contributed by atoms with van der Waals surface area (Å²) in [6.07, 6.45) is 4.50. The van der Waals surface area contributed by atoms with Gasteiger partial charge in [-0.1, -0.05) is 23.2 Å². The Morgan fingerprint density at radius 2 is 2.06 bits per heavy atom. The lowest BCUT2D eigenvalue weighted by atomic mass is 10.3. The molecule has 1 aromatic carbocycles. The maximum atomic E-state index is 6.00. The molecular weight excluding hydrogens is 269 g/mol. The van der Waals surface area contributed by atoms with E-state index in [0.29, 0.717) is 16.1 Å². The third kappa shape index (κ3) is 2.69. The fourth-order valence-corrected chi connectivity index (χ4v) is 2.06. The summed E-state index contributed by atoms with van der Waals surface area (Å²) >= 11 is 11.9. The van der Waals surface area contributed by atoms with Crippen molar-refractivity contribution in [2.24, 2.45) is 0 Å². The predicted molar refractivity (Wildman–Crippen MR) is 73.4 cm³/mol. The van der Waals surface area contributed by atoms with Gasteiger partial charge in [0.2, 0.25) is 0 Å². The minimum absolute atomic E-state index is 0.544. The molecule has 0 spiro atoms. The standard InChI is InChI=1S/C13H13Cl2N3/c14-12-4-3-11(7-13(12)15)18-6-5-10(17-18)8-16-9-1-2-9/h3-7,9,16H,1-2,8H2. The van der Waals surface area contributed by atoms with E-state index in [1.165, 1.54) is 12.8 Å². The molecule has 0 aliphatic heterocycles. The lowest BCUT2D eigenvalue weighted by Crippen LogP contribution is -2.15. The van der Waals surface area contributed by atoms with Crippen LogP contribution in [0.25, 0.3) is 5.69 Å². The van der Waals surface area contributed by atoms with Crippen LogP contribution in [-0.2, 0) is 6.54 Å². The molecule has 1 aliphatic carbocycles. The molecule has 0 atom stereocenters. The number of hydrogen-bond acceptors (Lipinski definition) is 2. The van der Waals surface area contributed by atoms with Crippen molar-refractivity contribution < 1.29 is 0 Å². The van der Waals surface area contributed by atoms with Gasteiger partial charge in [0.05, 0.1) is 21.4 Å². The molecule has 1 saturated carbocycles. The van der Waals surface area contributed by atoms with Crippen LogP contribution in [0.1, 0.15) is 18.5 Å². The molecule has 1 heterocycles. The Balaban J connectivity index is 1.76. The highest BCUT2D eigenvalue weighted by Crippen LogP contribution is 2.24. The summed E-state index contributed by atoms with van der Waals surface area (Å²) in [4.78, 5) is 0. The molecule has 1 aromatic heterocycles. The third-order valence-corrected chi connectivity index (χ3v) is 3.70. The summed E-state index contributed by atoms with van der Waals surface area (Å²) in [7, 11) is 0. The molecule has 1 fully saturated rings. The van der Waals surface area contributed by atoms with Crippen LogP contribution < -0.4 is 5.32 Å². The van der Waals surface area contributed by atoms with Crippen molar-refractivity contribution in [2.45, 2.75) is 25.4 Å². The lowest BCUT2D eigenvalue weighted by Gasteiger charge is -2.03. The molecule has 0 bridgehead atoms. The Morgan fingerprint density at radius 1 is 1.22 bits per heavy atom. The van der Waals surface area contributed by atoms with E-state index in [2.05, 4.69) is 10.4 Å². The molecule has 0 saturated heterocycles. The van der Waals surface area contributed by atoms with Crippen LogP contribution in [0, 0.1) is 0 Å². The zero-order valence-corrected chi connectivity index (χ0v) is 11.2. The zero-order valence-electron chi connectivity index (χ0n) is 9.74. The summed E-state index contributed by atoms with van der Waals surface area (Å²) < 4.78 is 1.81. The normalized spacial score (nSPS) is 15.0. The highest BCUT2D eigenvalue weighted by atomic mass is 35.5. The van der Waals surface area contributed by atoms with Gasteiger partial charge in [-0.25, -0.2) is 4.68 Å². The molecule has 3 rings (SSSR count). The van der Waals surface area contributed by atoms with Crippen LogP contribution in [0.2, 0.25) is 10.0 Å². The van der Waals surface area contributed by atoms with Crippen molar-refractivity contribution in [2.75, 3.05) is 0 Å². The maximum Gasteiger partial charge on any atom is 0.0766 e. The molecule has 5 heteroatoms. The van der Waals surface area contributed by atoms with Gasteiger partial charge in [0.25, 0.3) is 0 Å². The van der Waals surface area contributed by atoms with Crippen LogP contribution in [0.5, 0.6) is 0 Å². The van der Waals surface area contributed by atoms with E-state index in [4.69, 9.17) is 23.2 Å². The average Bonchev–Trinajstić information content (AvgIpc) is 3.08. The number of hydrogen-bond donors (Lipinski definition) is 1. The predicted octanol–water partition coefficient (Wildman–Crippen LogP) is 3.43. The second-order valence-electron chi connectivity index (χ2n) is 4.51. The van der Waals surface area contributed by atoms with Crippen LogP contribution >= 0.6 is 23.2 Å². The average molecular weight is 282 g/mol. The Morgan fingerprint density at radius 3 is 2.78 bits per heavy atom. The number of nitrogens with one attached hydrogen (secondary N) is 1. The quantitative estimate of drug-likeness (QED) is 0.931. The second kappa shape index (κ2) is 4.92. The summed E-state index contributed by atoms with van der Waals surface area (Å²) in [6, 6.07) is 8.20. The first kappa shape index (κ1) is 12.0. The van der Waals surface area contributed by atoms with Gasteiger partial charge in [-0.2, -0.15) is 5.10 Å². The summed E-state index contributed by atoms with van der Waals surface area (Å²) in [5, 5.41) is 9.04. The fraction of sp³-hybridized carbons (Fsp3) is 0.308. The Kier molecular flexibility index (Phi) is 3.29. The van der Waals surface area contributed by atoms with Gasteiger partial charge in [-0.05, 0) is 37.1 Å². The van der Waals surface area contributed by atoms with Crippen LogP contribution in [0.15, 0.2) is 30.5 Å². The van der Waals surface area contributed by atoms with E-state index in [9.17, 15) is 0 Å². The van der Waals surface area contributed by atoms with Crippen molar-refractivity contribution in [3.8, 4) is 5.69 Å². The maximum absolute atomic E-state index is 6.00. The summed E-state index contributed by atoms with van der Waals surface area (Å²) in [5.74, 6) is 0. The first-order valence-corrected chi connectivity index (χ1v) is 6.71. The lowest BCUT2D eigenvalue weighted by molar-refractivity contribution is 0.665. The smallest absolute Gasteiger partial charge is 0.0766 e. The Bertz CT molecular complexity index is 561. The molecule has 0 radical (unpaired) electrons. The fourth-order valence-electron chi connectivity index (χ4n) is 1.76. The van der Waals surface area contributed by atoms with Crippen molar-refractivity contribution in [1.82, 2.24) is 15.1 Å². The topological polar surface area (TPSA) is 29.9 Å². The number of benzene rings is 1. The third-order valence-electron chi connectivity index (χ3n) is 2.96. The largest absolute Gasteiger partial charge is 0.308 e. The Labute approximate surface area is 116 Å². The van der Waals surface area contributed by atoms with Crippen LogP contribution in [-0.4, -0.2) is 15.8 Å². The van der Waals surface area contributed by atoms with Crippen molar-refractivity contribution in [3.05, 3.63) is 46.2 Å². The van der Waals surface area contributed by atoms with Crippen molar-refractivity contribution >= 4 is 23.2 Å². The molecule has 1 aliphatic rings. The molecule has 94 valence electrons. The monoisotopic (exact) mass is 281 g/mol. The van der Waals surface area contributed by atoms with Crippen molar-refractivity contribution in [1.29, 1.82) is 0 Å². The minimum Gasteiger partial charge on any atom is -0.308 e. The van der Waals surface area contributed by atoms with Gasteiger partial charge in [-0.15, -0.1) is 0 Å². The molecule has 2 aromatic rings. The molecule has 1 N–H and O–H groups in total. The number of rotatable bonds is 4. The zero-order chi connectivity index (χ0) is 12.5. The van der Waals surface area contributed by atoms with Gasteiger partial charge < -0.3 is 5.32 Å². The molecular formula is C13H13Cl2N3. The highest BCUT2D eigenvalue weighted by molar-refractivity contribution is 6.42. The summed E-state index contributed by atoms with van der Waals surface area (Å²) in [5.41, 5.74) is 1.95. The minimum atomic E-state index is 0.544. The number of aromatic nitrogens is 2. The molecule has 3 nitrogen and oxygen atoms in total. The van der Waals surface area contributed by atoms with Gasteiger partial charge in [0.15, 0.2) is 0 Å². The van der Waals surface area contributed by atoms with E-state index in [1.807, 2.05) is 29.1 Å². The molecule has 0 unspecified atom stereocenters. The SMILES string of the molecule is Clc1ccc(-n2ccc(CNC3CC3)n2)cc1Cl. The van der Waals surface area contributed by atoms with E-state index < -0.39 is 0 Å². The van der Waals surface area contributed by atoms with E-state index >= 15 is 0 Å². The molecule has 0 amide bonds. The van der Waals surface area contributed by atoms with E-state index in [-0.39, 0.29) is 0 Å². The van der Waals surface area contributed by atoms with Crippen LogP contribution in [0.4, 0.5) is 0 Å². The van der Waals surface area contributed by atoms with Gasteiger partial charge in [0.1, 0.15) is 0 Å². The highest BCUT2D eigenvalue weighted by Gasteiger charge is 2.20. The van der Waals surface area contributed by atoms with E-state index in [1.54, 1.807) is 6.07 Å². The number of nitrogens with zero attached hydrogens (tertiary/aromatic N) is 2. The van der Waals surface area contributed by atoms with Gasteiger partial charge in [0, 0.05) is 18.8 Å². The Hall–Kier alpha value is -1.03. The van der Waals surface area contributed by atoms with Gasteiger partial charge >= 0.3 is 0 Å². The van der Waals surface area contributed by atoms with Gasteiger partial charge in [-0.3, -0.25) is 0 Å². The number of halogens is 2. The summed E-state index contributed by atoms with van der Waals surface area (Å²) in [6.45, 7) is 0.818. The first-order chi connectivity index (χ1) is 8.72. The van der Waals surface area contributed by atoms with Crippen molar-refractivity contribution in [3.63, 3.8) is 0 Å². The second-order valence-corrected chi connectivity index (χ2v) is 5.32. The molecule has 18 heavy (non-hydrogen) atoms. The van der Waals surface area contributed by atoms with Crippen LogP contribution in [0.3, 0.4) is 0 Å².